The van der Waals surface area contributed by atoms with Crippen molar-refractivity contribution in [1.82, 2.24) is 10.1 Å². The second-order valence-electron chi connectivity index (χ2n) is 7.35. The first-order chi connectivity index (χ1) is 14.5. The molecule has 8 nitrogen and oxygen atoms in total. The lowest BCUT2D eigenvalue weighted by atomic mass is 10.1. The number of carbonyl (C=O) groups is 1. The van der Waals surface area contributed by atoms with E-state index in [0.29, 0.717) is 41.9 Å². The Labute approximate surface area is 175 Å². The molecule has 0 spiro atoms. The molecule has 2 heterocycles. The van der Waals surface area contributed by atoms with Gasteiger partial charge in [0.2, 0.25) is 5.91 Å². The molecule has 0 aliphatic carbocycles. The van der Waals surface area contributed by atoms with E-state index in [2.05, 4.69) is 10.1 Å². The van der Waals surface area contributed by atoms with E-state index in [1.165, 1.54) is 0 Å². The molecule has 1 fully saturated rings. The van der Waals surface area contributed by atoms with Crippen molar-refractivity contribution in [3.63, 3.8) is 0 Å². The number of hydrogen-bond acceptors (Lipinski definition) is 7. The predicted octanol–water partition coefficient (Wildman–Crippen LogP) is 3.34. The van der Waals surface area contributed by atoms with Crippen molar-refractivity contribution in [2.75, 3.05) is 44.7 Å². The maximum Gasteiger partial charge on any atom is 0.258 e. The van der Waals surface area contributed by atoms with Crippen LogP contribution in [0.5, 0.6) is 11.5 Å². The number of rotatable bonds is 6. The van der Waals surface area contributed by atoms with Gasteiger partial charge >= 0.3 is 0 Å². The summed E-state index contributed by atoms with van der Waals surface area (Å²) < 4.78 is 16.2. The second-order valence-corrected chi connectivity index (χ2v) is 7.35. The van der Waals surface area contributed by atoms with Crippen molar-refractivity contribution in [3.8, 4) is 23.0 Å². The van der Waals surface area contributed by atoms with Crippen molar-refractivity contribution < 1.29 is 18.8 Å². The molecule has 8 heteroatoms. The van der Waals surface area contributed by atoms with Gasteiger partial charge in [-0.05, 0) is 30.3 Å². The minimum Gasteiger partial charge on any atom is -0.497 e. The summed E-state index contributed by atoms with van der Waals surface area (Å²) in [6.45, 7) is 0.457. The molecule has 1 amide bonds. The predicted molar refractivity (Wildman–Crippen MR) is 113 cm³/mol. The molecule has 1 unspecified atom stereocenters. The summed E-state index contributed by atoms with van der Waals surface area (Å²) >= 11 is 0. The summed E-state index contributed by atoms with van der Waals surface area (Å²) in [6.07, 6.45) is 0.311. The maximum absolute atomic E-state index is 12.7. The van der Waals surface area contributed by atoms with Gasteiger partial charge in [-0.1, -0.05) is 11.2 Å². The van der Waals surface area contributed by atoms with Crippen LogP contribution in [0, 0.1) is 0 Å². The SMILES string of the molecule is COc1ccc(N2CC(c3noc(-c4cccc(N(C)C)c4)n3)CC2=O)c(OC)c1. The number of anilines is 2. The number of amides is 1. The molecule has 4 rings (SSSR count). The van der Waals surface area contributed by atoms with E-state index in [4.69, 9.17) is 14.0 Å². The Morgan fingerprint density at radius 1 is 1.13 bits per heavy atom. The maximum atomic E-state index is 12.7. The Morgan fingerprint density at radius 2 is 1.97 bits per heavy atom. The molecule has 1 aromatic heterocycles. The van der Waals surface area contributed by atoms with Gasteiger partial charge in [0.1, 0.15) is 11.5 Å². The lowest BCUT2D eigenvalue weighted by Crippen LogP contribution is -2.24. The fraction of sp³-hybridized carbons (Fsp3) is 0.318. The summed E-state index contributed by atoms with van der Waals surface area (Å²) in [4.78, 5) is 21.0. The zero-order valence-corrected chi connectivity index (χ0v) is 17.5. The van der Waals surface area contributed by atoms with E-state index in [1.807, 2.05) is 55.4 Å². The van der Waals surface area contributed by atoms with Gasteiger partial charge in [-0.15, -0.1) is 0 Å². The first-order valence-electron chi connectivity index (χ1n) is 9.64. The van der Waals surface area contributed by atoms with E-state index < -0.39 is 0 Å². The summed E-state index contributed by atoms with van der Waals surface area (Å²) in [5.41, 5.74) is 2.59. The van der Waals surface area contributed by atoms with Gasteiger partial charge in [0.25, 0.3) is 5.89 Å². The molecular weight excluding hydrogens is 384 g/mol. The van der Waals surface area contributed by atoms with Crippen LogP contribution in [0.4, 0.5) is 11.4 Å². The molecular formula is C22H24N4O4. The average Bonchev–Trinajstić information content (AvgIpc) is 3.40. The number of benzene rings is 2. The number of ether oxygens (including phenoxy) is 2. The lowest BCUT2D eigenvalue weighted by molar-refractivity contribution is -0.117. The molecule has 0 bridgehead atoms. The molecule has 0 N–H and O–H groups in total. The van der Waals surface area contributed by atoms with Crippen LogP contribution in [-0.2, 0) is 4.79 Å². The minimum atomic E-state index is -0.154. The summed E-state index contributed by atoms with van der Waals surface area (Å²) in [7, 11) is 7.12. The van der Waals surface area contributed by atoms with E-state index in [9.17, 15) is 4.79 Å². The Hall–Kier alpha value is -3.55. The zero-order chi connectivity index (χ0) is 21.3. The van der Waals surface area contributed by atoms with Gasteiger partial charge in [0.05, 0.1) is 19.9 Å². The highest BCUT2D eigenvalue weighted by molar-refractivity contribution is 5.97. The number of hydrogen-bond donors (Lipinski definition) is 0. The van der Waals surface area contributed by atoms with Crippen LogP contribution in [-0.4, -0.2) is 50.9 Å². The monoisotopic (exact) mass is 408 g/mol. The van der Waals surface area contributed by atoms with Gasteiger partial charge in [0.15, 0.2) is 5.82 Å². The highest BCUT2D eigenvalue weighted by Crippen LogP contribution is 2.38. The lowest BCUT2D eigenvalue weighted by Gasteiger charge is -2.19. The van der Waals surface area contributed by atoms with Crippen LogP contribution < -0.4 is 19.3 Å². The summed E-state index contributed by atoms with van der Waals surface area (Å²) in [6, 6.07) is 13.3. The standard InChI is InChI=1S/C22H24N4O4/c1-25(2)16-7-5-6-14(10-16)22-23-21(24-30-22)15-11-20(27)26(13-15)18-9-8-17(28-3)12-19(18)29-4/h5-10,12,15H,11,13H2,1-4H3. The van der Waals surface area contributed by atoms with Gasteiger partial charge < -0.3 is 23.8 Å². The van der Waals surface area contributed by atoms with E-state index >= 15 is 0 Å². The summed E-state index contributed by atoms with van der Waals surface area (Å²) in [5, 5.41) is 4.15. The van der Waals surface area contributed by atoms with Crippen LogP contribution in [0.3, 0.4) is 0 Å². The van der Waals surface area contributed by atoms with Gasteiger partial charge in [-0.2, -0.15) is 4.98 Å². The highest BCUT2D eigenvalue weighted by Gasteiger charge is 2.36. The van der Waals surface area contributed by atoms with Crippen molar-refractivity contribution in [2.24, 2.45) is 0 Å². The molecule has 0 saturated carbocycles. The minimum absolute atomic E-state index is 0.00979. The largest absolute Gasteiger partial charge is 0.497 e. The number of carbonyl (C=O) groups excluding carboxylic acids is 1. The quantitative estimate of drug-likeness (QED) is 0.619. The van der Waals surface area contributed by atoms with Crippen molar-refractivity contribution in [2.45, 2.75) is 12.3 Å². The van der Waals surface area contributed by atoms with Gasteiger partial charge in [-0.3, -0.25) is 4.79 Å². The molecule has 1 atom stereocenters. The van der Waals surface area contributed by atoms with Crippen LogP contribution in [0.2, 0.25) is 0 Å². The smallest absolute Gasteiger partial charge is 0.258 e. The normalized spacial score (nSPS) is 16.1. The van der Waals surface area contributed by atoms with Crippen molar-refractivity contribution in [3.05, 3.63) is 48.3 Å². The molecule has 0 radical (unpaired) electrons. The van der Waals surface area contributed by atoms with Gasteiger partial charge in [-0.25, -0.2) is 0 Å². The highest BCUT2D eigenvalue weighted by atomic mass is 16.5. The number of methoxy groups -OCH3 is 2. The Morgan fingerprint density at radius 3 is 2.70 bits per heavy atom. The third-order valence-electron chi connectivity index (χ3n) is 5.22. The van der Waals surface area contributed by atoms with Crippen LogP contribution in [0.1, 0.15) is 18.2 Å². The fourth-order valence-corrected chi connectivity index (χ4v) is 3.56. The molecule has 3 aromatic rings. The van der Waals surface area contributed by atoms with Crippen molar-refractivity contribution >= 4 is 17.3 Å². The van der Waals surface area contributed by atoms with Crippen LogP contribution >= 0.6 is 0 Å². The number of aromatic nitrogens is 2. The van der Waals surface area contributed by atoms with Crippen molar-refractivity contribution in [1.29, 1.82) is 0 Å². The van der Waals surface area contributed by atoms with Crippen LogP contribution in [0.25, 0.3) is 11.5 Å². The third-order valence-corrected chi connectivity index (χ3v) is 5.22. The van der Waals surface area contributed by atoms with Crippen LogP contribution in [0.15, 0.2) is 47.0 Å². The molecule has 1 aliphatic heterocycles. The first-order valence-corrected chi connectivity index (χ1v) is 9.64. The molecule has 2 aromatic carbocycles. The Balaban J connectivity index is 1.56. The molecule has 156 valence electrons. The average molecular weight is 408 g/mol. The molecule has 1 saturated heterocycles. The molecule has 30 heavy (non-hydrogen) atoms. The number of nitrogens with zero attached hydrogens (tertiary/aromatic N) is 4. The van der Waals surface area contributed by atoms with Gasteiger partial charge in [0, 0.05) is 50.3 Å². The summed E-state index contributed by atoms with van der Waals surface area (Å²) in [5.74, 6) is 2.06. The topological polar surface area (TPSA) is 80.9 Å². The van der Waals surface area contributed by atoms with E-state index in [0.717, 1.165) is 11.3 Å². The second kappa shape index (κ2) is 8.06. The first kappa shape index (κ1) is 19.8. The third kappa shape index (κ3) is 3.68. The molecule has 1 aliphatic rings. The Kier molecular flexibility index (Phi) is 5.31. The Bertz CT molecular complexity index is 1060. The van der Waals surface area contributed by atoms with E-state index in [-0.39, 0.29) is 11.8 Å². The van der Waals surface area contributed by atoms with E-state index in [1.54, 1.807) is 25.2 Å². The zero-order valence-electron chi connectivity index (χ0n) is 17.5. The fourth-order valence-electron chi connectivity index (χ4n) is 3.56.